The van der Waals surface area contributed by atoms with Crippen LogP contribution in [-0.2, 0) is 0 Å². The predicted octanol–water partition coefficient (Wildman–Crippen LogP) is 18.7. The number of fused-ring (bicyclic) bond motifs is 4. The second kappa shape index (κ2) is 17.0. The van der Waals surface area contributed by atoms with Gasteiger partial charge in [0.05, 0.1) is 5.69 Å². The standard InChI is InChI=1S/C64H43NS/c1-2-16-46(17-3-1)54-21-6-7-22-56(54)57-23-8-9-24-58(57)59-25-10-12-29-61(59)65(51-42-38-49(39-43-51)55-28-15-31-63-64(55)60-26-11-13-30-62(60)66-63)50-40-36-45(37-41-50)44-32-34-48(35-33-44)53-27-14-19-47-18-4-5-20-52(47)53/h1-43H. The summed E-state index contributed by atoms with van der Waals surface area (Å²) in [5.74, 6) is 0. The van der Waals surface area contributed by atoms with E-state index in [0.717, 1.165) is 22.6 Å². The van der Waals surface area contributed by atoms with Crippen molar-refractivity contribution in [3.63, 3.8) is 0 Å². The number of anilines is 3. The Kier molecular flexibility index (Phi) is 10.1. The van der Waals surface area contributed by atoms with E-state index >= 15 is 0 Å². The number of hydrogen-bond acceptors (Lipinski definition) is 2. The number of thiophene rings is 1. The normalized spacial score (nSPS) is 11.3. The van der Waals surface area contributed by atoms with Gasteiger partial charge in [-0.3, -0.25) is 0 Å². The minimum atomic E-state index is 1.08. The highest BCUT2D eigenvalue weighted by atomic mass is 32.1. The van der Waals surface area contributed by atoms with Gasteiger partial charge in [0, 0.05) is 37.1 Å². The Balaban J connectivity index is 0.972. The quantitative estimate of drug-likeness (QED) is 0.140. The molecule has 2 heteroatoms. The molecule has 0 amide bonds. The molecule has 1 aromatic heterocycles. The Morgan fingerprint density at radius 1 is 0.242 bits per heavy atom. The minimum Gasteiger partial charge on any atom is -0.310 e. The largest absolute Gasteiger partial charge is 0.310 e. The molecule has 0 saturated heterocycles. The van der Waals surface area contributed by atoms with Gasteiger partial charge in [0.15, 0.2) is 0 Å². The van der Waals surface area contributed by atoms with Gasteiger partial charge in [-0.1, -0.05) is 218 Å². The lowest BCUT2D eigenvalue weighted by atomic mass is 9.88. The first-order chi connectivity index (χ1) is 32.7. The summed E-state index contributed by atoms with van der Waals surface area (Å²) >= 11 is 1.86. The lowest BCUT2D eigenvalue weighted by molar-refractivity contribution is 1.28. The van der Waals surface area contributed by atoms with Gasteiger partial charge < -0.3 is 4.90 Å². The average Bonchev–Trinajstić information content (AvgIpc) is 3.79. The lowest BCUT2D eigenvalue weighted by Crippen LogP contribution is -2.11. The first kappa shape index (κ1) is 39.3. The second-order valence-corrected chi connectivity index (χ2v) is 17.9. The van der Waals surface area contributed by atoms with Crippen molar-refractivity contribution in [2.24, 2.45) is 0 Å². The molecule has 0 aliphatic carbocycles. The SMILES string of the molecule is c1ccc(-c2ccccc2-c2ccccc2-c2ccccc2N(c2ccc(-c3ccc(-c4cccc5ccccc45)cc3)cc2)c2ccc(-c3cccc4sc5ccccc5c34)cc2)cc1. The maximum atomic E-state index is 2.42. The van der Waals surface area contributed by atoms with Crippen molar-refractivity contribution in [1.29, 1.82) is 0 Å². The maximum absolute atomic E-state index is 2.42. The zero-order valence-electron chi connectivity index (χ0n) is 36.2. The van der Waals surface area contributed by atoms with Crippen molar-refractivity contribution in [3.8, 4) is 66.8 Å². The van der Waals surface area contributed by atoms with Gasteiger partial charge in [-0.05, 0) is 114 Å². The van der Waals surface area contributed by atoms with E-state index in [1.165, 1.54) is 92.1 Å². The molecule has 310 valence electrons. The molecule has 12 rings (SSSR count). The highest BCUT2D eigenvalue weighted by Gasteiger charge is 2.21. The van der Waals surface area contributed by atoms with Crippen LogP contribution in [0, 0.1) is 0 Å². The Bertz CT molecular complexity index is 3670. The van der Waals surface area contributed by atoms with Gasteiger partial charge >= 0.3 is 0 Å². The maximum Gasteiger partial charge on any atom is 0.0540 e. The zero-order chi connectivity index (χ0) is 43.8. The third-order valence-electron chi connectivity index (χ3n) is 12.9. The van der Waals surface area contributed by atoms with Crippen LogP contribution in [0.5, 0.6) is 0 Å². The summed E-state index contributed by atoms with van der Waals surface area (Å²) in [6.45, 7) is 0. The Morgan fingerprint density at radius 3 is 1.39 bits per heavy atom. The molecule has 1 heterocycles. The third-order valence-corrected chi connectivity index (χ3v) is 14.1. The van der Waals surface area contributed by atoms with E-state index in [4.69, 9.17) is 0 Å². The summed E-state index contributed by atoms with van der Waals surface area (Å²) in [6.07, 6.45) is 0. The van der Waals surface area contributed by atoms with Crippen LogP contribution in [0.1, 0.15) is 0 Å². The molecule has 0 radical (unpaired) electrons. The number of hydrogen-bond donors (Lipinski definition) is 0. The first-order valence-electron chi connectivity index (χ1n) is 22.6. The van der Waals surface area contributed by atoms with E-state index in [1.807, 2.05) is 11.3 Å². The molecule has 0 bridgehead atoms. The van der Waals surface area contributed by atoms with Crippen LogP contribution in [0.2, 0.25) is 0 Å². The molecule has 0 spiro atoms. The first-order valence-corrected chi connectivity index (χ1v) is 23.4. The molecule has 0 unspecified atom stereocenters. The molecule has 11 aromatic carbocycles. The van der Waals surface area contributed by atoms with Crippen molar-refractivity contribution >= 4 is 59.3 Å². The van der Waals surface area contributed by atoms with Gasteiger partial charge in [0.2, 0.25) is 0 Å². The topological polar surface area (TPSA) is 3.24 Å². The summed E-state index contributed by atoms with van der Waals surface area (Å²) in [7, 11) is 0. The molecule has 0 N–H and O–H groups in total. The minimum absolute atomic E-state index is 1.08. The molecular weight excluding hydrogens is 815 g/mol. The predicted molar refractivity (Wildman–Crippen MR) is 284 cm³/mol. The van der Waals surface area contributed by atoms with Crippen LogP contribution >= 0.6 is 11.3 Å². The van der Waals surface area contributed by atoms with Gasteiger partial charge in [0.25, 0.3) is 0 Å². The van der Waals surface area contributed by atoms with Crippen LogP contribution in [-0.4, -0.2) is 0 Å². The second-order valence-electron chi connectivity index (χ2n) is 16.8. The van der Waals surface area contributed by atoms with Gasteiger partial charge in [-0.15, -0.1) is 11.3 Å². The van der Waals surface area contributed by atoms with Crippen LogP contribution in [0.25, 0.3) is 97.7 Å². The van der Waals surface area contributed by atoms with Gasteiger partial charge in [-0.25, -0.2) is 0 Å². The van der Waals surface area contributed by atoms with Crippen LogP contribution in [0.15, 0.2) is 261 Å². The van der Waals surface area contributed by atoms with Gasteiger partial charge in [-0.2, -0.15) is 0 Å². The zero-order valence-corrected chi connectivity index (χ0v) is 37.0. The van der Waals surface area contributed by atoms with Gasteiger partial charge in [0.1, 0.15) is 0 Å². The fourth-order valence-corrected chi connectivity index (χ4v) is 10.9. The molecule has 66 heavy (non-hydrogen) atoms. The number of benzene rings is 11. The number of nitrogens with zero attached hydrogens (tertiary/aromatic N) is 1. The molecule has 0 aliphatic rings. The van der Waals surface area contributed by atoms with Crippen molar-refractivity contribution < 1.29 is 0 Å². The van der Waals surface area contributed by atoms with Crippen molar-refractivity contribution in [2.75, 3.05) is 4.90 Å². The van der Waals surface area contributed by atoms with E-state index in [-0.39, 0.29) is 0 Å². The average molecular weight is 858 g/mol. The summed E-state index contributed by atoms with van der Waals surface area (Å²) < 4.78 is 2.62. The van der Waals surface area contributed by atoms with Crippen molar-refractivity contribution in [3.05, 3.63) is 261 Å². The highest BCUT2D eigenvalue weighted by molar-refractivity contribution is 7.25. The number of rotatable bonds is 9. The van der Waals surface area contributed by atoms with E-state index in [2.05, 4.69) is 266 Å². The fourth-order valence-electron chi connectivity index (χ4n) is 9.79. The summed E-state index contributed by atoms with van der Waals surface area (Å²) in [6, 6.07) is 95.1. The summed E-state index contributed by atoms with van der Waals surface area (Å²) in [5, 5.41) is 5.15. The van der Waals surface area contributed by atoms with E-state index < -0.39 is 0 Å². The Hall–Kier alpha value is -8.30. The molecule has 0 saturated carbocycles. The van der Waals surface area contributed by atoms with Crippen molar-refractivity contribution in [2.45, 2.75) is 0 Å². The molecule has 0 aliphatic heterocycles. The monoisotopic (exact) mass is 857 g/mol. The third kappa shape index (κ3) is 7.15. The van der Waals surface area contributed by atoms with Crippen molar-refractivity contribution in [1.82, 2.24) is 0 Å². The highest BCUT2D eigenvalue weighted by Crippen LogP contribution is 2.47. The van der Waals surface area contributed by atoms with Crippen LogP contribution in [0.4, 0.5) is 17.1 Å². The lowest BCUT2D eigenvalue weighted by Gasteiger charge is -2.29. The molecule has 0 atom stereocenters. The molecule has 1 nitrogen and oxygen atoms in total. The molecule has 0 fully saturated rings. The van der Waals surface area contributed by atoms with Crippen LogP contribution < -0.4 is 4.90 Å². The molecule has 12 aromatic rings. The van der Waals surface area contributed by atoms with E-state index in [0.29, 0.717) is 0 Å². The fraction of sp³-hybridized carbons (Fsp3) is 0. The number of para-hydroxylation sites is 1. The summed E-state index contributed by atoms with van der Waals surface area (Å²) in [4.78, 5) is 2.42. The Labute approximate surface area is 389 Å². The van der Waals surface area contributed by atoms with Crippen LogP contribution in [0.3, 0.4) is 0 Å². The Morgan fingerprint density at radius 2 is 0.667 bits per heavy atom. The smallest absolute Gasteiger partial charge is 0.0540 e. The molecular formula is C64H43NS. The summed E-state index contributed by atoms with van der Waals surface area (Å²) in [5.41, 5.74) is 17.7. The van der Waals surface area contributed by atoms with E-state index in [1.54, 1.807) is 0 Å². The van der Waals surface area contributed by atoms with E-state index in [9.17, 15) is 0 Å².